The molecule has 1 N–H and O–H groups in total. The molecule has 1 saturated carbocycles. The Kier molecular flexibility index (Phi) is 4.95. The van der Waals surface area contributed by atoms with E-state index in [1.165, 1.54) is 11.9 Å². The second-order valence-electron chi connectivity index (χ2n) is 6.96. The Morgan fingerprint density at radius 1 is 1.40 bits per heavy atom. The number of carbonyl (C=O) groups excluding carboxylic acids is 4. The van der Waals surface area contributed by atoms with E-state index in [2.05, 4.69) is 5.32 Å². The zero-order valence-electron chi connectivity index (χ0n) is 14.4. The third-order valence-corrected chi connectivity index (χ3v) is 6.31. The molecular weight excluding hydrogens is 346 g/mol. The van der Waals surface area contributed by atoms with Crippen LogP contribution in [0.4, 0.5) is 0 Å². The molecule has 0 spiro atoms. The van der Waals surface area contributed by atoms with Crippen molar-refractivity contribution in [3.05, 3.63) is 0 Å². The van der Waals surface area contributed by atoms with Gasteiger partial charge in [-0.05, 0) is 26.2 Å². The van der Waals surface area contributed by atoms with Crippen LogP contribution in [-0.2, 0) is 23.9 Å². The first kappa shape index (κ1) is 18.0. The van der Waals surface area contributed by atoms with Crippen molar-refractivity contribution in [3.8, 4) is 0 Å². The lowest BCUT2D eigenvalue weighted by Crippen LogP contribution is -2.47. The van der Waals surface area contributed by atoms with Crippen molar-refractivity contribution >= 4 is 35.5 Å². The Morgan fingerprint density at radius 2 is 2.12 bits per heavy atom. The maximum atomic E-state index is 12.3. The number of thioether (sulfide) groups is 1. The van der Waals surface area contributed by atoms with Crippen LogP contribution in [0.3, 0.4) is 0 Å². The van der Waals surface area contributed by atoms with Crippen LogP contribution in [0.5, 0.6) is 0 Å². The van der Waals surface area contributed by atoms with Crippen LogP contribution in [0.15, 0.2) is 0 Å². The average molecular weight is 369 g/mol. The summed E-state index contributed by atoms with van der Waals surface area (Å²) in [6.45, 7) is 1.47. The van der Waals surface area contributed by atoms with Crippen LogP contribution in [-0.4, -0.2) is 76.4 Å². The molecular formula is C16H23N3O5S. The monoisotopic (exact) mass is 369 g/mol. The predicted octanol–water partition coefficient (Wildman–Crippen LogP) is -0.279. The van der Waals surface area contributed by atoms with Gasteiger partial charge in [-0.15, -0.1) is 11.8 Å². The maximum absolute atomic E-state index is 12.3. The molecule has 2 heterocycles. The normalized spacial score (nSPS) is 27.8. The number of hydrogen-bond acceptors (Lipinski definition) is 6. The van der Waals surface area contributed by atoms with Gasteiger partial charge < -0.3 is 19.9 Å². The van der Waals surface area contributed by atoms with Gasteiger partial charge >= 0.3 is 5.97 Å². The zero-order valence-corrected chi connectivity index (χ0v) is 15.3. The Bertz CT molecular complexity index is 609. The molecule has 0 aromatic heterocycles. The van der Waals surface area contributed by atoms with Gasteiger partial charge in [-0.1, -0.05) is 0 Å². The van der Waals surface area contributed by atoms with E-state index < -0.39 is 24.5 Å². The zero-order chi connectivity index (χ0) is 18.2. The molecule has 9 heteroatoms. The molecule has 2 aliphatic heterocycles. The fraction of sp³-hybridized carbons (Fsp3) is 0.750. The van der Waals surface area contributed by atoms with Crippen molar-refractivity contribution in [3.63, 3.8) is 0 Å². The minimum atomic E-state index is -0.638. The molecule has 0 radical (unpaired) electrons. The number of nitrogens with zero attached hydrogens (tertiary/aromatic N) is 2. The molecule has 3 rings (SSSR count). The second-order valence-corrected chi connectivity index (χ2v) is 8.47. The van der Waals surface area contributed by atoms with E-state index in [9.17, 15) is 19.2 Å². The van der Waals surface area contributed by atoms with Crippen LogP contribution in [0.1, 0.15) is 32.6 Å². The topological polar surface area (TPSA) is 96.0 Å². The number of nitrogens with one attached hydrogen (secondary N) is 1. The van der Waals surface area contributed by atoms with Gasteiger partial charge in [0.05, 0.1) is 11.4 Å². The Hall–Kier alpha value is -1.77. The van der Waals surface area contributed by atoms with E-state index in [-0.39, 0.29) is 29.3 Å². The molecule has 25 heavy (non-hydrogen) atoms. The van der Waals surface area contributed by atoms with E-state index in [4.69, 9.17) is 4.74 Å². The van der Waals surface area contributed by atoms with Crippen molar-refractivity contribution in [2.24, 2.45) is 0 Å². The smallest absolute Gasteiger partial charge is 0.330 e. The van der Waals surface area contributed by atoms with E-state index in [0.29, 0.717) is 12.2 Å². The minimum absolute atomic E-state index is 0.0466. The molecule has 138 valence electrons. The first-order valence-corrected chi connectivity index (χ1v) is 9.45. The Labute approximate surface area is 150 Å². The summed E-state index contributed by atoms with van der Waals surface area (Å²) in [5.41, 5.74) is 0. The summed E-state index contributed by atoms with van der Waals surface area (Å²) in [5, 5.41) is 2.80. The summed E-state index contributed by atoms with van der Waals surface area (Å²) in [7, 11) is 1.50. The standard InChI is InChI=1S/C16H23N3O5S/c1-16-6-5-13(21)19(16)11(9-25-16)15(23)24-8-14(22)18(2)7-12(20)17-10-3-4-10/h10-11H,3-9H2,1-2H3,(H,17,20)/t11-,16-/m0/s1. The van der Waals surface area contributed by atoms with E-state index in [1.54, 1.807) is 16.7 Å². The predicted molar refractivity (Wildman–Crippen MR) is 90.5 cm³/mol. The SMILES string of the molecule is CN(CC(=O)NC1CC1)C(=O)COC(=O)[C@@H]1CS[C@@]2(C)CCC(=O)N12. The molecule has 0 unspecified atom stereocenters. The van der Waals surface area contributed by atoms with Gasteiger partial charge in [-0.25, -0.2) is 4.79 Å². The first-order valence-electron chi connectivity index (χ1n) is 8.46. The molecule has 1 aliphatic carbocycles. The van der Waals surface area contributed by atoms with Crippen LogP contribution in [0.25, 0.3) is 0 Å². The number of esters is 1. The lowest BCUT2D eigenvalue weighted by Gasteiger charge is -2.29. The van der Waals surface area contributed by atoms with Crippen LogP contribution >= 0.6 is 11.8 Å². The number of carbonyl (C=O) groups is 4. The summed E-state index contributed by atoms with van der Waals surface area (Å²) in [5.74, 6) is -0.782. The minimum Gasteiger partial charge on any atom is -0.454 e. The summed E-state index contributed by atoms with van der Waals surface area (Å²) < 4.78 is 5.12. The second kappa shape index (κ2) is 6.86. The van der Waals surface area contributed by atoms with Gasteiger partial charge in [0.15, 0.2) is 6.61 Å². The maximum Gasteiger partial charge on any atom is 0.330 e. The van der Waals surface area contributed by atoms with Gasteiger partial charge in [0.2, 0.25) is 11.8 Å². The fourth-order valence-corrected chi connectivity index (χ4v) is 4.56. The molecule has 0 bridgehead atoms. The van der Waals surface area contributed by atoms with E-state index in [0.717, 1.165) is 19.3 Å². The highest BCUT2D eigenvalue weighted by molar-refractivity contribution is 8.01. The largest absolute Gasteiger partial charge is 0.454 e. The third kappa shape index (κ3) is 3.91. The summed E-state index contributed by atoms with van der Waals surface area (Å²) in [6.07, 6.45) is 3.12. The van der Waals surface area contributed by atoms with Crippen molar-refractivity contribution < 1.29 is 23.9 Å². The third-order valence-electron chi connectivity index (χ3n) is 4.80. The molecule has 3 amide bonds. The van der Waals surface area contributed by atoms with Crippen molar-refractivity contribution in [2.45, 2.75) is 49.6 Å². The van der Waals surface area contributed by atoms with Gasteiger partial charge in [-0.3, -0.25) is 14.4 Å². The summed E-state index contributed by atoms with van der Waals surface area (Å²) >= 11 is 1.57. The lowest BCUT2D eigenvalue weighted by atomic mass is 10.2. The Morgan fingerprint density at radius 3 is 2.80 bits per heavy atom. The Balaban J connectivity index is 1.46. The highest BCUT2D eigenvalue weighted by atomic mass is 32.2. The molecule has 2 atom stereocenters. The molecule has 3 fully saturated rings. The van der Waals surface area contributed by atoms with Gasteiger partial charge in [-0.2, -0.15) is 0 Å². The number of fused-ring (bicyclic) bond motifs is 1. The fourth-order valence-electron chi connectivity index (χ4n) is 3.14. The first-order chi connectivity index (χ1) is 11.8. The molecule has 8 nitrogen and oxygen atoms in total. The summed E-state index contributed by atoms with van der Waals surface area (Å²) in [6, 6.07) is -0.401. The van der Waals surface area contributed by atoms with Crippen LogP contribution in [0.2, 0.25) is 0 Å². The molecule has 2 saturated heterocycles. The number of rotatable bonds is 6. The molecule has 0 aromatic rings. The van der Waals surface area contributed by atoms with E-state index >= 15 is 0 Å². The summed E-state index contributed by atoms with van der Waals surface area (Å²) in [4.78, 5) is 50.5. The van der Waals surface area contributed by atoms with Gasteiger partial charge in [0, 0.05) is 25.3 Å². The number of ether oxygens (including phenoxy) is 1. The van der Waals surface area contributed by atoms with Gasteiger partial charge in [0.25, 0.3) is 5.91 Å². The quantitative estimate of drug-likeness (QED) is 0.647. The van der Waals surface area contributed by atoms with E-state index in [1.807, 2.05) is 6.92 Å². The van der Waals surface area contributed by atoms with Crippen LogP contribution < -0.4 is 5.32 Å². The number of likely N-dealkylation sites (N-methyl/N-ethyl adjacent to an activating group) is 1. The van der Waals surface area contributed by atoms with Crippen molar-refractivity contribution in [1.82, 2.24) is 15.1 Å². The lowest BCUT2D eigenvalue weighted by molar-refractivity contribution is -0.158. The van der Waals surface area contributed by atoms with Gasteiger partial charge in [0.1, 0.15) is 6.04 Å². The number of hydrogen-bond donors (Lipinski definition) is 1. The molecule has 3 aliphatic rings. The molecule has 0 aromatic carbocycles. The van der Waals surface area contributed by atoms with Crippen LogP contribution in [0, 0.1) is 0 Å². The number of amides is 3. The van der Waals surface area contributed by atoms with Crippen molar-refractivity contribution in [2.75, 3.05) is 26.0 Å². The average Bonchev–Trinajstić information content (AvgIpc) is 3.22. The highest BCUT2D eigenvalue weighted by Crippen LogP contribution is 2.47. The van der Waals surface area contributed by atoms with Crippen molar-refractivity contribution in [1.29, 1.82) is 0 Å². The highest BCUT2D eigenvalue weighted by Gasteiger charge is 2.53.